The lowest BCUT2D eigenvalue weighted by atomic mass is 9.93. The Morgan fingerprint density at radius 1 is 1.12 bits per heavy atom. The fourth-order valence-corrected chi connectivity index (χ4v) is 3.36. The number of amides is 1. The fraction of sp³-hybridized carbons (Fsp3) is 0.316. The lowest BCUT2D eigenvalue weighted by molar-refractivity contribution is -0.117. The highest BCUT2D eigenvalue weighted by molar-refractivity contribution is 7.90. The predicted molar refractivity (Wildman–Crippen MR) is 97.0 cm³/mol. The number of benzene rings is 2. The van der Waals surface area contributed by atoms with Crippen molar-refractivity contribution in [1.82, 2.24) is 0 Å². The minimum Gasteiger partial charge on any atom is -0.325 e. The van der Waals surface area contributed by atoms with E-state index in [1.807, 2.05) is 30.3 Å². The van der Waals surface area contributed by atoms with Crippen LogP contribution in [0.4, 0.5) is 5.69 Å². The maximum absolute atomic E-state index is 12.7. The summed E-state index contributed by atoms with van der Waals surface area (Å²) in [7, 11) is -3.25. The van der Waals surface area contributed by atoms with E-state index in [0.717, 1.165) is 24.0 Å². The maximum Gasteiger partial charge on any atom is 0.231 e. The minimum atomic E-state index is -3.25. The number of rotatable bonds is 6. The third-order valence-electron chi connectivity index (χ3n) is 3.98. The lowest BCUT2D eigenvalue weighted by Crippen LogP contribution is -2.21. The number of carbonyl (C=O) groups excluding carboxylic acids is 1. The van der Waals surface area contributed by atoms with Crippen molar-refractivity contribution in [3.05, 3.63) is 59.7 Å². The summed E-state index contributed by atoms with van der Waals surface area (Å²) in [6, 6.07) is 14.5. The van der Waals surface area contributed by atoms with Crippen molar-refractivity contribution in [2.24, 2.45) is 0 Å². The molecule has 2 aromatic carbocycles. The average Bonchev–Trinajstić information content (AvgIpc) is 2.54. The topological polar surface area (TPSA) is 63.2 Å². The highest BCUT2D eigenvalue weighted by Gasteiger charge is 2.20. The molecule has 1 amide bonds. The molecule has 0 aliphatic heterocycles. The van der Waals surface area contributed by atoms with Crippen LogP contribution in [0.5, 0.6) is 0 Å². The summed E-state index contributed by atoms with van der Waals surface area (Å²) < 4.78 is 23.2. The zero-order chi connectivity index (χ0) is 17.7. The maximum atomic E-state index is 12.7. The van der Waals surface area contributed by atoms with Gasteiger partial charge in [-0.15, -0.1) is 0 Å². The summed E-state index contributed by atoms with van der Waals surface area (Å²) in [5.74, 6) is -0.288. The molecule has 0 heterocycles. The van der Waals surface area contributed by atoms with Crippen LogP contribution >= 0.6 is 0 Å². The molecule has 2 rings (SSSR count). The van der Waals surface area contributed by atoms with Crippen LogP contribution in [0, 0.1) is 6.92 Å². The minimum absolute atomic E-state index is 0.0711. The number of anilines is 1. The van der Waals surface area contributed by atoms with Gasteiger partial charge in [-0.3, -0.25) is 4.79 Å². The van der Waals surface area contributed by atoms with Gasteiger partial charge in [0.15, 0.2) is 9.84 Å². The smallest absolute Gasteiger partial charge is 0.231 e. The fourth-order valence-electron chi connectivity index (χ4n) is 2.65. The van der Waals surface area contributed by atoms with Gasteiger partial charge in [0, 0.05) is 11.9 Å². The second-order valence-electron chi connectivity index (χ2n) is 5.99. The van der Waals surface area contributed by atoms with Crippen molar-refractivity contribution in [1.29, 1.82) is 0 Å². The number of sulfone groups is 1. The van der Waals surface area contributed by atoms with Crippen molar-refractivity contribution >= 4 is 21.4 Å². The Morgan fingerprint density at radius 2 is 1.79 bits per heavy atom. The molecule has 2 aromatic rings. The van der Waals surface area contributed by atoms with Gasteiger partial charge in [-0.2, -0.15) is 0 Å². The van der Waals surface area contributed by atoms with Crippen LogP contribution in [0.15, 0.2) is 53.4 Å². The molecule has 0 saturated carbocycles. The molecule has 0 unspecified atom stereocenters. The quantitative estimate of drug-likeness (QED) is 0.863. The summed E-state index contributed by atoms with van der Waals surface area (Å²) in [5, 5.41) is 2.94. The Kier molecular flexibility index (Phi) is 5.78. The molecule has 4 nitrogen and oxygen atoms in total. The Balaban J connectivity index is 2.24. The van der Waals surface area contributed by atoms with Gasteiger partial charge in [-0.25, -0.2) is 8.42 Å². The molecule has 0 fully saturated rings. The normalized spacial score (nSPS) is 12.6. The Labute approximate surface area is 143 Å². The van der Waals surface area contributed by atoms with E-state index < -0.39 is 9.84 Å². The zero-order valence-corrected chi connectivity index (χ0v) is 15.1. The standard InChI is InChI=1S/C19H23NO3S/c1-4-8-17(15-9-6-5-7-10-15)19(21)20-18-12-11-16(13-14(18)2)24(3,22)23/h5-7,9-13,17H,4,8H2,1-3H3,(H,20,21)/t17-/m1/s1. The van der Waals surface area contributed by atoms with E-state index in [2.05, 4.69) is 12.2 Å². The van der Waals surface area contributed by atoms with Gasteiger partial charge >= 0.3 is 0 Å². The average molecular weight is 345 g/mol. The van der Waals surface area contributed by atoms with Gasteiger partial charge in [0.25, 0.3) is 0 Å². The number of nitrogens with one attached hydrogen (secondary N) is 1. The molecule has 0 aromatic heterocycles. The van der Waals surface area contributed by atoms with Gasteiger partial charge in [-0.05, 0) is 42.7 Å². The van der Waals surface area contributed by atoms with Gasteiger partial charge in [0.2, 0.25) is 5.91 Å². The molecule has 24 heavy (non-hydrogen) atoms. The molecule has 1 atom stereocenters. The van der Waals surface area contributed by atoms with E-state index in [-0.39, 0.29) is 16.7 Å². The van der Waals surface area contributed by atoms with E-state index >= 15 is 0 Å². The van der Waals surface area contributed by atoms with Crippen LogP contribution in [-0.2, 0) is 14.6 Å². The summed E-state index contributed by atoms with van der Waals surface area (Å²) in [4.78, 5) is 13.0. The highest BCUT2D eigenvalue weighted by Crippen LogP contribution is 2.25. The summed E-state index contributed by atoms with van der Waals surface area (Å²) in [6.45, 7) is 3.84. The molecule has 0 saturated heterocycles. The van der Waals surface area contributed by atoms with Crippen molar-refractivity contribution in [3.8, 4) is 0 Å². The number of hydrogen-bond acceptors (Lipinski definition) is 3. The Morgan fingerprint density at radius 3 is 2.33 bits per heavy atom. The third kappa shape index (κ3) is 4.45. The second-order valence-corrected chi connectivity index (χ2v) is 8.01. The lowest BCUT2D eigenvalue weighted by Gasteiger charge is -2.18. The van der Waals surface area contributed by atoms with E-state index in [1.165, 1.54) is 12.3 Å². The summed E-state index contributed by atoms with van der Waals surface area (Å²) in [5.41, 5.74) is 2.36. The first kappa shape index (κ1) is 18.2. The van der Waals surface area contributed by atoms with Crippen LogP contribution in [0.25, 0.3) is 0 Å². The van der Waals surface area contributed by atoms with Crippen molar-refractivity contribution in [3.63, 3.8) is 0 Å². The summed E-state index contributed by atoms with van der Waals surface area (Å²) >= 11 is 0. The Hall–Kier alpha value is -2.14. The largest absolute Gasteiger partial charge is 0.325 e. The van der Waals surface area contributed by atoms with Crippen LogP contribution in [-0.4, -0.2) is 20.6 Å². The first-order valence-electron chi connectivity index (χ1n) is 7.99. The van der Waals surface area contributed by atoms with E-state index in [4.69, 9.17) is 0 Å². The zero-order valence-electron chi connectivity index (χ0n) is 14.2. The van der Waals surface area contributed by atoms with Crippen LogP contribution in [0.1, 0.15) is 36.8 Å². The van der Waals surface area contributed by atoms with E-state index in [9.17, 15) is 13.2 Å². The molecule has 1 N–H and O–H groups in total. The van der Waals surface area contributed by atoms with Gasteiger partial charge < -0.3 is 5.32 Å². The first-order valence-corrected chi connectivity index (χ1v) is 9.88. The monoisotopic (exact) mass is 345 g/mol. The van der Waals surface area contributed by atoms with Crippen molar-refractivity contribution in [2.75, 3.05) is 11.6 Å². The molecule has 0 aliphatic rings. The van der Waals surface area contributed by atoms with Crippen molar-refractivity contribution < 1.29 is 13.2 Å². The van der Waals surface area contributed by atoms with Gasteiger partial charge in [0.1, 0.15) is 0 Å². The second kappa shape index (κ2) is 7.62. The molecular formula is C19H23NO3S. The van der Waals surface area contributed by atoms with Gasteiger partial charge in [-0.1, -0.05) is 43.7 Å². The molecule has 128 valence electrons. The van der Waals surface area contributed by atoms with Crippen LogP contribution in [0.3, 0.4) is 0 Å². The molecule has 0 bridgehead atoms. The molecular weight excluding hydrogens is 322 g/mol. The number of carbonyl (C=O) groups is 1. The third-order valence-corrected chi connectivity index (χ3v) is 5.09. The number of hydrogen-bond donors (Lipinski definition) is 1. The molecule has 0 aliphatic carbocycles. The van der Waals surface area contributed by atoms with E-state index in [1.54, 1.807) is 19.1 Å². The van der Waals surface area contributed by atoms with E-state index in [0.29, 0.717) is 5.69 Å². The predicted octanol–water partition coefficient (Wildman–Crippen LogP) is 3.92. The van der Waals surface area contributed by atoms with Crippen LogP contribution < -0.4 is 5.32 Å². The SMILES string of the molecule is CCC[C@@H](C(=O)Nc1ccc(S(C)(=O)=O)cc1C)c1ccccc1. The molecule has 0 radical (unpaired) electrons. The molecule has 0 spiro atoms. The Bertz CT molecular complexity index is 814. The first-order chi connectivity index (χ1) is 11.3. The van der Waals surface area contributed by atoms with Crippen molar-refractivity contribution in [2.45, 2.75) is 37.5 Å². The van der Waals surface area contributed by atoms with Gasteiger partial charge in [0.05, 0.1) is 10.8 Å². The molecule has 5 heteroatoms. The summed E-state index contributed by atoms with van der Waals surface area (Å²) in [6.07, 6.45) is 2.84. The number of aryl methyl sites for hydroxylation is 1. The highest BCUT2D eigenvalue weighted by atomic mass is 32.2. The van der Waals surface area contributed by atoms with Crippen LogP contribution in [0.2, 0.25) is 0 Å².